The highest BCUT2D eigenvalue weighted by Gasteiger charge is 2.28. The summed E-state index contributed by atoms with van der Waals surface area (Å²) in [6, 6.07) is 13.0. The van der Waals surface area contributed by atoms with Gasteiger partial charge in [-0.2, -0.15) is 0 Å². The van der Waals surface area contributed by atoms with E-state index in [2.05, 4.69) is 5.16 Å². The van der Waals surface area contributed by atoms with E-state index in [1.54, 1.807) is 30.3 Å². The maximum Gasteiger partial charge on any atom is 0.368 e. The Kier molecular flexibility index (Phi) is 4.07. The fourth-order valence-electron chi connectivity index (χ4n) is 2.33. The molecule has 0 amide bonds. The van der Waals surface area contributed by atoms with Crippen molar-refractivity contribution in [3.63, 3.8) is 0 Å². The van der Waals surface area contributed by atoms with Gasteiger partial charge in [0.25, 0.3) is 5.69 Å². The number of hydrogen-bond acceptors (Lipinski definition) is 6. The average Bonchev–Trinajstić information content (AvgIpc) is 2.96. The highest BCUT2D eigenvalue weighted by atomic mass is 16.7. The Labute approximate surface area is 137 Å². The van der Waals surface area contributed by atoms with Gasteiger partial charge in [-0.1, -0.05) is 35.5 Å². The van der Waals surface area contributed by atoms with E-state index in [0.717, 1.165) is 0 Å². The summed E-state index contributed by atoms with van der Waals surface area (Å²) < 4.78 is 5.26. The maximum absolute atomic E-state index is 12.0. The predicted molar refractivity (Wildman–Crippen MR) is 86.7 cm³/mol. The van der Waals surface area contributed by atoms with E-state index < -0.39 is 10.9 Å². The van der Waals surface area contributed by atoms with Gasteiger partial charge in [0.2, 0.25) is 0 Å². The number of non-ortho nitro benzene ring substituents is 1. The van der Waals surface area contributed by atoms with Gasteiger partial charge in [0.1, 0.15) is 11.5 Å². The lowest BCUT2D eigenvalue weighted by molar-refractivity contribution is -0.384. The third kappa shape index (κ3) is 2.87. The number of nitro groups is 1. The molecule has 0 fully saturated rings. The molecule has 1 heterocycles. The summed E-state index contributed by atoms with van der Waals surface area (Å²) in [5.41, 5.74) is 1.46. The number of carbonyl (C=O) groups is 1. The van der Waals surface area contributed by atoms with Gasteiger partial charge in [-0.15, -0.1) is 0 Å². The van der Waals surface area contributed by atoms with Gasteiger partial charge in [0, 0.05) is 23.3 Å². The Hall–Kier alpha value is -3.48. The number of hydrogen-bond donors (Lipinski definition) is 0. The Bertz CT molecular complexity index is 886. The van der Waals surface area contributed by atoms with Crippen LogP contribution in [0.2, 0.25) is 0 Å². The van der Waals surface area contributed by atoms with Gasteiger partial charge in [-0.05, 0) is 12.1 Å². The lowest BCUT2D eigenvalue weighted by atomic mass is 10.00. The average molecular weight is 324 g/mol. The molecule has 0 N–H and O–H groups in total. The van der Waals surface area contributed by atoms with Crippen LogP contribution in [0.25, 0.3) is 6.08 Å². The van der Waals surface area contributed by atoms with E-state index in [4.69, 9.17) is 9.57 Å². The highest BCUT2D eigenvalue weighted by Crippen LogP contribution is 2.26. The van der Waals surface area contributed by atoms with Crippen LogP contribution in [0.4, 0.5) is 5.69 Å². The van der Waals surface area contributed by atoms with E-state index in [1.807, 2.05) is 6.07 Å². The smallest absolute Gasteiger partial charge is 0.368 e. The number of oxime groups is 1. The number of carbonyl (C=O) groups excluding carboxylic acids is 1. The van der Waals surface area contributed by atoms with Gasteiger partial charge < -0.3 is 9.57 Å². The molecule has 120 valence electrons. The molecule has 1 aliphatic rings. The zero-order valence-corrected chi connectivity index (χ0v) is 12.6. The summed E-state index contributed by atoms with van der Waals surface area (Å²) in [4.78, 5) is 27.2. The van der Waals surface area contributed by atoms with Crippen LogP contribution in [0.5, 0.6) is 5.75 Å². The van der Waals surface area contributed by atoms with Crippen LogP contribution < -0.4 is 4.74 Å². The summed E-state index contributed by atoms with van der Waals surface area (Å²) in [6.45, 7) is 0. The first-order valence-electron chi connectivity index (χ1n) is 6.99. The number of nitro benzene ring substituents is 1. The molecule has 0 bridgehead atoms. The molecule has 0 aromatic heterocycles. The second-order valence-corrected chi connectivity index (χ2v) is 4.93. The van der Waals surface area contributed by atoms with Crippen molar-refractivity contribution in [3.05, 3.63) is 75.3 Å². The van der Waals surface area contributed by atoms with E-state index in [0.29, 0.717) is 16.9 Å². The van der Waals surface area contributed by atoms with Crippen molar-refractivity contribution in [3.8, 4) is 5.75 Å². The standard InChI is InChI=1S/C17H12N2O5/c1-23-15-8-3-2-5-11(15)10-14-16(18-24-17(14)20)12-6-4-7-13(9-12)19(21)22/h2-10H,1H3/b14-10+. The van der Waals surface area contributed by atoms with Crippen molar-refractivity contribution in [1.29, 1.82) is 0 Å². The van der Waals surface area contributed by atoms with Crippen LogP contribution >= 0.6 is 0 Å². The highest BCUT2D eigenvalue weighted by molar-refractivity contribution is 6.31. The number of nitrogens with zero attached hydrogens (tertiary/aromatic N) is 2. The van der Waals surface area contributed by atoms with Gasteiger partial charge in [-0.3, -0.25) is 10.1 Å². The van der Waals surface area contributed by atoms with Crippen molar-refractivity contribution in [2.45, 2.75) is 0 Å². The minimum atomic E-state index is -0.623. The van der Waals surface area contributed by atoms with E-state index in [1.165, 1.54) is 25.3 Å². The van der Waals surface area contributed by atoms with Crippen LogP contribution in [0.3, 0.4) is 0 Å². The maximum atomic E-state index is 12.0. The molecule has 0 atom stereocenters. The van der Waals surface area contributed by atoms with Crippen molar-refractivity contribution in [1.82, 2.24) is 0 Å². The number of benzene rings is 2. The molecule has 7 heteroatoms. The summed E-state index contributed by atoms with van der Waals surface area (Å²) in [5.74, 6) is -0.0366. The third-order valence-corrected chi connectivity index (χ3v) is 3.46. The lowest BCUT2D eigenvalue weighted by Crippen LogP contribution is -2.07. The summed E-state index contributed by atoms with van der Waals surface area (Å²) in [5, 5.41) is 14.7. The number of methoxy groups -OCH3 is 1. The Morgan fingerprint density at radius 1 is 1.21 bits per heavy atom. The minimum absolute atomic E-state index is 0.0915. The molecule has 7 nitrogen and oxygen atoms in total. The van der Waals surface area contributed by atoms with Crippen molar-refractivity contribution in [2.75, 3.05) is 7.11 Å². The molecule has 0 spiro atoms. The molecule has 0 unspecified atom stereocenters. The zero-order valence-electron chi connectivity index (χ0n) is 12.6. The van der Waals surface area contributed by atoms with Gasteiger partial charge in [0.15, 0.2) is 0 Å². The molecule has 0 radical (unpaired) electrons. The molecule has 0 saturated carbocycles. The molecule has 2 aromatic rings. The molecule has 3 rings (SSSR count). The quantitative estimate of drug-likeness (QED) is 0.373. The monoisotopic (exact) mass is 324 g/mol. The molecular weight excluding hydrogens is 312 g/mol. The fraction of sp³-hybridized carbons (Fsp3) is 0.0588. The molecule has 0 aliphatic carbocycles. The summed E-state index contributed by atoms with van der Waals surface area (Å²) in [6.07, 6.45) is 1.59. The number of para-hydroxylation sites is 1. The molecule has 24 heavy (non-hydrogen) atoms. The zero-order chi connectivity index (χ0) is 17.1. The van der Waals surface area contributed by atoms with Crippen LogP contribution in [-0.2, 0) is 9.63 Å². The molecule has 2 aromatic carbocycles. The van der Waals surface area contributed by atoms with E-state index in [9.17, 15) is 14.9 Å². The first-order valence-corrected chi connectivity index (χ1v) is 6.99. The Morgan fingerprint density at radius 2 is 2.00 bits per heavy atom. The Morgan fingerprint density at radius 3 is 2.75 bits per heavy atom. The van der Waals surface area contributed by atoms with Crippen molar-refractivity contribution < 1.29 is 19.3 Å². The molecule has 1 aliphatic heterocycles. The third-order valence-electron chi connectivity index (χ3n) is 3.46. The lowest BCUT2D eigenvalue weighted by Gasteiger charge is -2.05. The van der Waals surface area contributed by atoms with Gasteiger partial charge >= 0.3 is 5.97 Å². The van der Waals surface area contributed by atoms with Crippen LogP contribution in [0.15, 0.2) is 59.3 Å². The number of ether oxygens (including phenoxy) is 1. The summed E-state index contributed by atoms with van der Waals surface area (Å²) >= 11 is 0. The van der Waals surface area contributed by atoms with Gasteiger partial charge in [-0.25, -0.2) is 4.79 Å². The largest absolute Gasteiger partial charge is 0.496 e. The Balaban J connectivity index is 2.06. The molecule has 0 saturated heterocycles. The second kappa shape index (κ2) is 6.33. The van der Waals surface area contributed by atoms with Crippen LogP contribution in [0, 0.1) is 10.1 Å². The predicted octanol–water partition coefficient (Wildman–Crippen LogP) is 2.95. The first kappa shape index (κ1) is 15.4. The van der Waals surface area contributed by atoms with Gasteiger partial charge in [0.05, 0.1) is 17.6 Å². The minimum Gasteiger partial charge on any atom is -0.496 e. The number of rotatable bonds is 4. The van der Waals surface area contributed by atoms with Crippen molar-refractivity contribution >= 4 is 23.4 Å². The van der Waals surface area contributed by atoms with Crippen LogP contribution in [-0.4, -0.2) is 23.7 Å². The van der Waals surface area contributed by atoms with E-state index >= 15 is 0 Å². The van der Waals surface area contributed by atoms with E-state index in [-0.39, 0.29) is 17.0 Å². The second-order valence-electron chi connectivity index (χ2n) is 4.93. The first-order chi connectivity index (χ1) is 11.6. The SMILES string of the molecule is COc1ccccc1/C=C1/C(=O)ON=C1c1cccc([N+](=O)[O-])c1. The summed E-state index contributed by atoms with van der Waals surface area (Å²) in [7, 11) is 1.53. The fourth-order valence-corrected chi connectivity index (χ4v) is 2.33. The molecular formula is C17H12N2O5. The normalized spacial score (nSPS) is 15.1. The van der Waals surface area contributed by atoms with Crippen molar-refractivity contribution in [2.24, 2.45) is 5.16 Å². The topological polar surface area (TPSA) is 91.0 Å². The van der Waals surface area contributed by atoms with Crippen LogP contribution in [0.1, 0.15) is 11.1 Å².